The normalized spacial score (nSPS) is 18.2. The number of hydrogen-bond donors (Lipinski definition) is 2. The van der Waals surface area contributed by atoms with E-state index in [4.69, 9.17) is 11.0 Å². The predicted molar refractivity (Wildman–Crippen MR) is 60.4 cm³/mol. The van der Waals surface area contributed by atoms with Crippen LogP contribution < -0.4 is 11.1 Å². The summed E-state index contributed by atoms with van der Waals surface area (Å²) < 4.78 is 0. The van der Waals surface area contributed by atoms with Crippen LogP contribution in [0.4, 0.5) is 0 Å². The zero-order valence-electron chi connectivity index (χ0n) is 9.06. The molecule has 86 valence electrons. The smallest absolute Gasteiger partial charge is 0.252 e. The van der Waals surface area contributed by atoms with Crippen LogP contribution in [0.5, 0.6) is 0 Å². The first kappa shape index (κ1) is 11.3. The van der Waals surface area contributed by atoms with Crippen LogP contribution in [0.25, 0.3) is 0 Å². The number of amides is 1. The van der Waals surface area contributed by atoms with Crippen molar-refractivity contribution in [1.29, 1.82) is 5.26 Å². The van der Waals surface area contributed by atoms with E-state index in [2.05, 4.69) is 5.32 Å². The van der Waals surface area contributed by atoms with Gasteiger partial charge in [-0.1, -0.05) is 6.07 Å². The van der Waals surface area contributed by atoms with Gasteiger partial charge in [0, 0.05) is 0 Å². The third-order valence-electron chi connectivity index (χ3n) is 2.75. The molecule has 0 bridgehead atoms. The van der Waals surface area contributed by atoms with Crippen LogP contribution >= 0.6 is 0 Å². The number of nitrogens with one attached hydrogen (secondary N) is 1. The maximum atomic E-state index is 12.1. The molecule has 0 aromatic heterocycles. The number of Topliss-reactive ketones (excluding diaryl/α,β-unsaturated/α-hetero) is 1. The Kier molecular flexibility index (Phi) is 2.90. The largest absolute Gasteiger partial charge is 0.342 e. The molecule has 1 atom stereocenters. The molecule has 5 nitrogen and oxygen atoms in total. The van der Waals surface area contributed by atoms with Gasteiger partial charge in [-0.05, 0) is 25.1 Å². The van der Waals surface area contributed by atoms with Crippen molar-refractivity contribution in [3.63, 3.8) is 0 Å². The van der Waals surface area contributed by atoms with Crippen LogP contribution in [-0.4, -0.2) is 24.3 Å². The molecule has 17 heavy (non-hydrogen) atoms. The molecule has 1 amide bonds. The Labute approximate surface area is 98.2 Å². The Bertz CT molecular complexity index is 531. The summed E-state index contributed by atoms with van der Waals surface area (Å²) in [6.07, 6.45) is 0.379. The SMILES string of the molecule is N#Cc1cccc2c1C(=O)[C@H](CCN)NC2=O. The van der Waals surface area contributed by atoms with Crippen molar-refractivity contribution in [3.8, 4) is 6.07 Å². The highest BCUT2D eigenvalue weighted by Gasteiger charge is 2.33. The van der Waals surface area contributed by atoms with Gasteiger partial charge in [0.05, 0.1) is 28.8 Å². The highest BCUT2D eigenvalue weighted by atomic mass is 16.2. The predicted octanol–water partition coefficient (Wildman–Crippen LogP) is 0.202. The number of nitrogens with two attached hydrogens (primary N) is 1. The van der Waals surface area contributed by atoms with Crippen molar-refractivity contribution in [2.75, 3.05) is 6.54 Å². The van der Waals surface area contributed by atoms with E-state index in [1.807, 2.05) is 6.07 Å². The summed E-state index contributed by atoms with van der Waals surface area (Å²) in [6, 6.07) is 5.99. The molecule has 1 aliphatic heterocycles. The molecule has 2 rings (SSSR count). The first-order valence-corrected chi connectivity index (χ1v) is 5.27. The highest BCUT2D eigenvalue weighted by Crippen LogP contribution is 2.21. The van der Waals surface area contributed by atoms with Crippen molar-refractivity contribution < 1.29 is 9.59 Å². The van der Waals surface area contributed by atoms with Gasteiger partial charge in [0.1, 0.15) is 0 Å². The average molecular weight is 229 g/mol. The van der Waals surface area contributed by atoms with Gasteiger partial charge in [-0.3, -0.25) is 9.59 Å². The average Bonchev–Trinajstić information content (AvgIpc) is 2.35. The zero-order valence-corrected chi connectivity index (χ0v) is 9.06. The lowest BCUT2D eigenvalue weighted by molar-refractivity contribution is 0.0824. The van der Waals surface area contributed by atoms with Crippen LogP contribution in [0.3, 0.4) is 0 Å². The lowest BCUT2D eigenvalue weighted by atomic mass is 9.89. The summed E-state index contributed by atoms with van der Waals surface area (Å²) in [5.41, 5.74) is 6.11. The molecule has 0 saturated heterocycles. The van der Waals surface area contributed by atoms with Gasteiger partial charge in [0.2, 0.25) is 0 Å². The number of benzene rings is 1. The first-order valence-electron chi connectivity index (χ1n) is 5.27. The molecule has 0 saturated carbocycles. The molecular formula is C12H11N3O2. The maximum absolute atomic E-state index is 12.1. The molecule has 5 heteroatoms. The van der Waals surface area contributed by atoms with E-state index < -0.39 is 6.04 Å². The van der Waals surface area contributed by atoms with E-state index >= 15 is 0 Å². The number of ketones is 1. The van der Waals surface area contributed by atoms with E-state index in [0.29, 0.717) is 13.0 Å². The van der Waals surface area contributed by atoms with Crippen molar-refractivity contribution in [3.05, 3.63) is 34.9 Å². The Morgan fingerprint density at radius 1 is 1.41 bits per heavy atom. The van der Waals surface area contributed by atoms with Crippen LogP contribution in [0.2, 0.25) is 0 Å². The van der Waals surface area contributed by atoms with Gasteiger partial charge < -0.3 is 11.1 Å². The van der Waals surface area contributed by atoms with E-state index in [-0.39, 0.29) is 28.4 Å². The summed E-state index contributed by atoms with van der Waals surface area (Å²) in [5.74, 6) is -0.558. The number of carbonyl (C=O) groups is 2. The standard InChI is InChI=1S/C12H11N3O2/c13-5-4-9-11(16)10-7(6-14)2-1-3-8(10)12(17)15-9/h1-3,9H,4-5,13H2,(H,15,17)/t9-/m0/s1. The van der Waals surface area contributed by atoms with Crippen LogP contribution in [0.15, 0.2) is 18.2 Å². The number of nitriles is 1. The number of nitrogens with zero attached hydrogens (tertiary/aromatic N) is 1. The monoisotopic (exact) mass is 229 g/mol. The van der Waals surface area contributed by atoms with Gasteiger partial charge in [-0.2, -0.15) is 5.26 Å². The van der Waals surface area contributed by atoms with Gasteiger partial charge in [-0.15, -0.1) is 0 Å². The molecule has 3 N–H and O–H groups in total. The summed E-state index contributed by atoms with van der Waals surface area (Å²) in [6.45, 7) is 0.306. The van der Waals surface area contributed by atoms with Gasteiger partial charge in [0.25, 0.3) is 5.91 Å². The third kappa shape index (κ3) is 1.79. The maximum Gasteiger partial charge on any atom is 0.252 e. The Hall–Kier alpha value is -2.19. The van der Waals surface area contributed by atoms with Crippen LogP contribution in [0, 0.1) is 11.3 Å². The third-order valence-corrected chi connectivity index (χ3v) is 2.75. The molecular weight excluding hydrogens is 218 g/mol. The van der Waals surface area contributed by atoms with Gasteiger partial charge >= 0.3 is 0 Å². The van der Waals surface area contributed by atoms with Gasteiger partial charge in [-0.25, -0.2) is 0 Å². The lowest BCUT2D eigenvalue weighted by Crippen LogP contribution is -2.47. The molecule has 0 unspecified atom stereocenters. The summed E-state index contributed by atoms with van der Waals surface area (Å²) >= 11 is 0. The fourth-order valence-corrected chi connectivity index (χ4v) is 1.95. The number of fused-ring (bicyclic) bond motifs is 1. The van der Waals surface area contributed by atoms with Crippen LogP contribution in [-0.2, 0) is 0 Å². The van der Waals surface area contributed by atoms with E-state index in [9.17, 15) is 9.59 Å². The Balaban J connectivity index is 2.55. The van der Waals surface area contributed by atoms with Crippen molar-refractivity contribution in [1.82, 2.24) is 5.32 Å². The number of hydrogen-bond acceptors (Lipinski definition) is 4. The summed E-state index contributed by atoms with van der Waals surface area (Å²) in [5, 5.41) is 11.6. The summed E-state index contributed by atoms with van der Waals surface area (Å²) in [4.78, 5) is 23.9. The molecule has 0 fully saturated rings. The number of carbonyl (C=O) groups excluding carboxylic acids is 2. The first-order chi connectivity index (χ1) is 8.19. The second kappa shape index (κ2) is 4.36. The molecule has 1 aromatic carbocycles. The van der Waals surface area contributed by atoms with E-state index in [0.717, 1.165) is 0 Å². The van der Waals surface area contributed by atoms with Crippen LogP contribution in [0.1, 0.15) is 32.7 Å². The highest BCUT2D eigenvalue weighted by molar-refractivity contribution is 6.16. The second-order valence-corrected chi connectivity index (χ2v) is 3.81. The minimum Gasteiger partial charge on any atom is -0.342 e. The molecule has 1 aliphatic rings. The molecule has 0 radical (unpaired) electrons. The minimum atomic E-state index is -0.616. The second-order valence-electron chi connectivity index (χ2n) is 3.81. The molecule has 1 heterocycles. The molecule has 0 spiro atoms. The fourth-order valence-electron chi connectivity index (χ4n) is 1.95. The van der Waals surface area contributed by atoms with Crippen molar-refractivity contribution in [2.24, 2.45) is 5.73 Å². The minimum absolute atomic E-state index is 0.220. The number of rotatable bonds is 2. The molecule has 0 aliphatic carbocycles. The van der Waals surface area contributed by atoms with Gasteiger partial charge in [0.15, 0.2) is 5.78 Å². The Morgan fingerprint density at radius 3 is 2.82 bits per heavy atom. The quantitative estimate of drug-likeness (QED) is 0.757. The fraction of sp³-hybridized carbons (Fsp3) is 0.250. The zero-order chi connectivity index (χ0) is 12.4. The van der Waals surface area contributed by atoms with E-state index in [1.165, 1.54) is 6.07 Å². The lowest BCUT2D eigenvalue weighted by Gasteiger charge is -2.24. The van der Waals surface area contributed by atoms with E-state index in [1.54, 1.807) is 12.1 Å². The summed E-state index contributed by atoms with van der Waals surface area (Å²) in [7, 11) is 0. The van der Waals surface area contributed by atoms with Crippen molar-refractivity contribution >= 4 is 11.7 Å². The topological polar surface area (TPSA) is 96.0 Å². The van der Waals surface area contributed by atoms with Crippen molar-refractivity contribution in [2.45, 2.75) is 12.5 Å². The molecule has 1 aromatic rings. The Morgan fingerprint density at radius 2 is 2.18 bits per heavy atom.